The molecule has 0 aromatic carbocycles. The maximum Gasteiger partial charge on any atom is 0.242 e. The first-order chi connectivity index (χ1) is 16.0. The lowest BCUT2D eigenvalue weighted by atomic mass is 9.92. The van der Waals surface area contributed by atoms with Gasteiger partial charge in [0.15, 0.2) is 0 Å². The molecule has 0 saturated carbocycles. The van der Waals surface area contributed by atoms with Crippen molar-refractivity contribution in [1.82, 2.24) is 9.80 Å². The molecule has 2 aliphatic rings. The van der Waals surface area contributed by atoms with Crippen LogP contribution in [0, 0.1) is 10.8 Å². The first-order valence-electron chi connectivity index (χ1n) is 13.0. The van der Waals surface area contributed by atoms with Crippen molar-refractivity contribution in [3.63, 3.8) is 0 Å². The van der Waals surface area contributed by atoms with Crippen LogP contribution in [0.4, 0.5) is 0 Å². The van der Waals surface area contributed by atoms with Crippen LogP contribution in [0.25, 0.3) is 0 Å². The van der Waals surface area contributed by atoms with Crippen LogP contribution in [0.2, 0.25) is 0 Å². The minimum Gasteiger partial charge on any atom is -0.282 e. The zero-order valence-electron chi connectivity index (χ0n) is 24.7. The highest BCUT2D eigenvalue weighted by Crippen LogP contribution is 2.36. The van der Waals surface area contributed by atoms with Crippen LogP contribution in [0.15, 0.2) is 0 Å². The van der Waals surface area contributed by atoms with Gasteiger partial charge in [0.25, 0.3) is 0 Å². The summed E-state index contributed by atoms with van der Waals surface area (Å²) in [6.07, 6.45) is 2.45. The summed E-state index contributed by atoms with van der Waals surface area (Å²) < 4.78 is 0.0291. The van der Waals surface area contributed by atoms with Gasteiger partial charge in [-0.25, -0.2) is 0 Å². The SMILES string of the molecule is CC(C)(C)CCN1C(=O)CC(SC(C)(C)C)C1=O.CC(C)(C)CCN1C(=O)CC(SC(C)(C)C)C1=O. The van der Waals surface area contributed by atoms with Crippen molar-refractivity contribution in [2.45, 2.75) is 129 Å². The van der Waals surface area contributed by atoms with Crippen LogP contribution in [-0.4, -0.2) is 66.5 Å². The van der Waals surface area contributed by atoms with E-state index in [2.05, 4.69) is 83.1 Å². The lowest BCUT2D eigenvalue weighted by Crippen LogP contribution is -2.34. The monoisotopic (exact) mass is 542 g/mol. The summed E-state index contributed by atoms with van der Waals surface area (Å²) in [5.74, 6) is -0.00894. The third-order valence-electron chi connectivity index (χ3n) is 5.57. The van der Waals surface area contributed by atoms with Gasteiger partial charge in [-0.1, -0.05) is 83.1 Å². The molecule has 2 fully saturated rings. The van der Waals surface area contributed by atoms with E-state index in [4.69, 9.17) is 0 Å². The molecular weight excluding hydrogens is 492 g/mol. The van der Waals surface area contributed by atoms with Gasteiger partial charge >= 0.3 is 0 Å². The second kappa shape index (κ2) is 12.2. The summed E-state index contributed by atoms with van der Waals surface area (Å²) in [6.45, 7) is 26.3. The highest BCUT2D eigenvalue weighted by atomic mass is 32.2. The van der Waals surface area contributed by atoms with Crippen molar-refractivity contribution in [3.8, 4) is 0 Å². The molecule has 0 radical (unpaired) electrons. The Kier molecular flexibility index (Phi) is 11.2. The fraction of sp³-hybridized carbons (Fsp3) is 0.857. The second-order valence-corrected chi connectivity index (χ2v) is 18.3. The molecule has 2 aliphatic heterocycles. The van der Waals surface area contributed by atoms with Crippen molar-refractivity contribution in [1.29, 1.82) is 0 Å². The molecule has 8 heteroatoms. The molecule has 2 rings (SSSR count). The van der Waals surface area contributed by atoms with Gasteiger partial charge in [0.2, 0.25) is 23.6 Å². The van der Waals surface area contributed by atoms with E-state index in [1.165, 1.54) is 9.80 Å². The van der Waals surface area contributed by atoms with Gasteiger partial charge in [-0.2, -0.15) is 0 Å². The van der Waals surface area contributed by atoms with E-state index in [1.807, 2.05) is 0 Å². The zero-order chi connectivity index (χ0) is 28.3. The van der Waals surface area contributed by atoms with E-state index in [-0.39, 0.29) is 54.5 Å². The van der Waals surface area contributed by atoms with E-state index in [0.717, 1.165) is 12.8 Å². The molecule has 0 bridgehead atoms. The Morgan fingerprint density at radius 2 is 0.861 bits per heavy atom. The Bertz CT molecular complexity index is 745. The van der Waals surface area contributed by atoms with Crippen LogP contribution in [-0.2, 0) is 19.2 Å². The number of amides is 4. The summed E-state index contributed by atoms with van der Waals surface area (Å²) >= 11 is 3.20. The van der Waals surface area contributed by atoms with Crippen molar-refractivity contribution < 1.29 is 19.2 Å². The Balaban J connectivity index is 0.000000360. The predicted molar refractivity (Wildman–Crippen MR) is 153 cm³/mol. The molecule has 0 aromatic rings. The normalized spacial score (nSPS) is 21.9. The number of imide groups is 2. The van der Waals surface area contributed by atoms with Crippen LogP contribution < -0.4 is 0 Å². The summed E-state index contributed by atoms with van der Waals surface area (Å²) in [5, 5.41) is -0.366. The zero-order valence-corrected chi connectivity index (χ0v) is 26.4. The molecular formula is C28H50N2O4S2. The lowest BCUT2D eigenvalue weighted by Gasteiger charge is -2.24. The van der Waals surface area contributed by atoms with Gasteiger partial charge in [-0.3, -0.25) is 29.0 Å². The molecule has 6 nitrogen and oxygen atoms in total. The van der Waals surface area contributed by atoms with Crippen molar-refractivity contribution in [2.75, 3.05) is 13.1 Å². The molecule has 0 N–H and O–H groups in total. The summed E-state index contributed by atoms with van der Waals surface area (Å²) in [7, 11) is 0. The predicted octanol–water partition coefficient (Wildman–Crippen LogP) is 6.16. The molecule has 36 heavy (non-hydrogen) atoms. The molecule has 2 heterocycles. The number of rotatable bonds is 6. The highest BCUT2D eigenvalue weighted by Gasteiger charge is 2.42. The number of hydrogen-bond acceptors (Lipinski definition) is 6. The molecule has 4 amide bonds. The smallest absolute Gasteiger partial charge is 0.242 e. The quantitative estimate of drug-likeness (QED) is 0.374. The third-order valence-corrected chi connectivity index (χ3v) is 8.29. The average Bonchev–Trinajstić information content (AvgIpc) is 3.03. The maximum absolute atomic E-state index is 12.2. The van der Waals surface area contributed by atoms with Gasteiger partial charge in [0.05, 0.1) is 10.5 Å². The van der Waals surface area contributed by atoms with E-state index >= 15 is 0 Å². The Labute approximate surface area is 228 Å². The lowest BCUT2D eigenvalue weighted by molar-refractivity contribution is -0.140. The van der Waals surface area contributed by atoms with Crippen LogP contribution in [0.3, 0.4) is 0 Å². The third kappa shape index (κ3) is 12.0. The molecule has 208 valence electrons. The first kappa shape index (κ1) is 33.0. The molecule has 2 saturated heterocycles. The maximum atomic E-state index is 12.2. The average molecular weight is 543 g/mol. The Morgan fingerprint density at radius 1 is 0.583 bits per heavy atom. The Morgan fingerprint density at radius 3 is 1.08 bits per heavy atom. The topological polar surface area (TPSA) is 74.8 Å². The van der Waals surface area contributed by atoms with Crippen LogP contribution in [0.5, 0.6) is 0 Å². The number of nitrogens with zero attached hydrogens (tertiary/aromatic N) is 2. The van der Waals surface area contributed by atoms with E-state index in [0.29, 0.717) is 25.9 Å². The molecule has 2 unspecified atom stereocenters. The molecule has 2 atom stereocenters. The largest absolute Gasteiger partial charge is 0.282 e. The number of hydrogen-bond donors (Lipinski definition) is 0. The second-order valence-electron chi connectivity index (χ2n) is 14.2. The fourth-order valence-corrected chi connectivity index (χ4v) is 6.32. The number of carbonyl (C=O) groups is 4. The summed E-state index contributed by atoms with van der Waals surface area (Å²) in [4.78, 5) is 51.1. The standard InChI is InChI=1S/2C14H25NO2S/c2*1-13(2,3)7-8-15-11(16)9-10(12(15)17)18-14(4,5)6/h2*10H,7-9H2,1-6H3. The van der Waals surface area contributed by atoms with Crippen LogP contribution >= 0.6 is 23.5 Å². The molecule has 0 aliphatic carbocycles. The van der Waals surface area contributed by atoms with Gasteiger partial charge in [0.1, 0.15) is 0 Å². The van der Waals surface area contributed by atoms with Crippen molar-refractivity contribution >= 4 is 47.2 Å². The molecule has 0 spiro atoms. The molecule has 0 aromatic heterocycles. The number of thioether (sulfide) groups is 2. The van der Waals surface area contributed by atoms with Crippen molar-refractivity contribution in [2.24, 2.45) is 10.8 Å². The van der Waals surface area contributed by atoms with Crippen molar-refractivity contribution in [3.05, 3.63) is 0 Å². The summed E-state index contributed by atoms with van der Waals surface area (Å²) in [6, 6.07) is 0. The van der Waals surface area contributed by atoms with Gasteiger partial charge in [0, 0.05) is 35.4 Å². The first-order valence-corrected chi connectivity index (χ1v) is 14.8. The summed E-state index contributed by atoms with van der Waals surface area (Å²) in [5.41, 5.74) is 0.297. The minimum atomic E-state index is -0.183. The van der Waals surface area contributed by atoms with E-state index < -0.39 is 0 Å². The van der Waals surface area contributed by atoms with Gasteiger partial charge in [-0.05, 0) is 23.7 Å². The van der Waals surface area contributed by atoms with Gasteiger partial charge in [-0.15, -0.1) is 23.5 Å². The van der Waals surface area contributed by atoms with E-state index in [9.17, 15) is 19.2 Å². The highest BCUT2D eigenvalue weighted by molar-refractivity contribution is 8.02. The minimum absolute atomic E-state index is 0.00387. The Hall–Kier alpha value is -1.02. The number of likely N-dealkylation sites (tertiary alicyclic amines) is 2. The van der Waals surface area contributed by atoms with Crippen LogP contribution in [0.1, 0.15) is 109 Å². The van der Waals surface area contributed by atoms with Gasteiger partial charge < -0.3 is 0 Å². The fourth-order valence-electron chi connectivity index (χ4n) is 3.71. The number of carbonyl (C=O) groups excluding carboxylic acids is 4. The van der Waals surface area contributed by atoms with E-state index in [1.54, 1.807) is 23.5 Å².